The molecule has 2 aromatic heterocycles. The van der Waals surface area contributed by atoms with E-state index < -0.39 is 132 Å². The number of carbonyl (C=O) groups is 10. The molecule has 8 amide bonds. The average molecular weight is 1350 g/mol. The smallest absolute Gasteiger partial charge is 0.326 e. The molecule has 0 aliphatic carbocycles. The Morgan fingerprint density at radius 2 is 0.898 bits per heavy atom. The number of carbonyl (C=O) groups excluding carboxylic acids is 8. The van der Waals surface area contributed by atoms with Gasteiger partial charge in [0.25, 0.3) is 0 Å². The van der Waals surface area contributed by atoms with Gasteiger partial charge in [-0.05, 0) is 87.3 Å². The molecule has 30 nitrogen and oxygen atoms in total. The van der Waals surface area contributed by atoms with E-state index in [0.717, 1.165) is 0 Å². The Morgan fingerprint density at radius 1 is 0.531 bits per heavy atom. The predicted molar refractivity (Wildman–Crippen MR) is 352 cm³/mol. The lowest BCUT2D eigenvalue weighted by molar-refractivity contribution is -0.143. The molecule has 6 aliphatic rings. The van der Waals surface area contributed by atoms with Crippen LogP contribution < -0.4 is 52.0 Å². The number of rotatable bonds is 16. The number of carboxylic acids is 2. The van der Waals surface area contributed by atoms with Crippen molar-refractivity contribution in [3.05, 3.63) is 155 Å². The van der Waals surface area contributed by atoms with E-state index in [4.69, 9.17) is 9.47 Å². The third-order valence-corrected chi connectivity index (χ3v) is 17.9. The van der Waals surface area contributed by atoms with Crippen LogP contribution in [-0.2, 0) is 86.8 Å². The topological polar surface area (TPSA) is 394 Å². The summed E-state index contributed by atoms with van der Waals surface area (Å²) in [5.41, 5.74) is 2.98. The molecule has 8 heterocycles. The number of carboxylic acid groups (broad SMARTS) is 2. The number of benzene rings is 4. The molecule has 0 spiro atoms. The number of likely N-dealkylation sites (N-methyl/N-ethyl adjacent to an activating group) is 2. The Hall–Kier alpha value is -10.6. The van der Waals surface area contributed by atoms with Crippen LogP contribution in [0.5, 0.6) is 11.5 Å². The highest BCUT2D eigenvalue weighted by Gasteiger charge is 2.46. The first-order valence-corrected chi connectivity index (χ1v) is 32.7. The molecule has 12 bridgehead atoms. The summed E-state index contributed by atoms with van der Waals surface area (Å²) in [4.78, 5) is 143. The van der Waals surface area contributed by atoms with Gasteiger partial charge < -0.3 is 72.0 Å². The van der Waals surface area contributed by atoms with Gasteiger partial charge in [-0.15, -0.1) is 10.2 Å². The van der Waals surface area contributed by atoms with Crippen LogP contribution in [0.1, 0.15) is 99.1 Å². The number of aliphatic carboxylic acids is 2. The highest BCUT2D eigenvalue weighted by Crippen LogP contribution is 2.31. The van der Waals surface area contributed by atoms with Crippen LogP contribution in [0.4, 0.5) is 0 Å². The molecular weight excluding hydrogens is 1260 g/mol. The molecule has 30 heteroatoms. The number of aromatic nitrogens is 6. The molecule has 10 N–H and O–H groups in total. The Labute approximate surface area is 565 Å². The maximum absolute atomic E-state index is 14.9. The van der Waals surface area contributed by atoms with Crippen molar-refractivity contribution in [2.24, 2.45) is 0 Å². The summed E-state index contributed by atoms with van der Waals surface area (Å²) >= 11 is 0. The van der Waals surface area contributed by atoms with Gasteiger partial charge in [0, 0.05) is 51.6 Å². The van der Waals surface area contributed by atoms with E-state index in [1.165, 1.54) is 19.2 Å². The second-order valence-electron chi connectivity index (χ2n) is 24.7. The van der Waals surface area contributed by atoms with Gasteiger partial charge in [-0.3, -0.25) is 38.4 Å². The molecule has 0 saturated carbocycles. The molecule has 0 radical (unpaired) electrons. The summed E-state index contributed by atoms with van der Waals surface area (Å²) < 4.78 is 15.2. The van der Waals surface area contributed by atoms with Crippen LogP contribution >= 0.6 is 0 Å². The summed E-state index contributed by atoms with van der Waals surface area (Å²) in [6.07, 6.45) is 3.00. The molecule has 2 fully saturated rings. The third-order valence-electron chi connectivity index (χ3n) is 17.9. The lowest BCUT2D eigenvalue weighted by Gasteiger charge is -2.30. The van der Waals surface area contributed by atoms with E-state index >= 15 is 0 Å². The van der Waals surface area contributed by atoms with Gasteiger partial charge in [-0.25, -0.2) is 19.0 Å². The first-order chi connectivity index (χ1) is 47.1. The minimum absolute atomic E-state index is 0.0149. The molecule has 2 saturated heterocycles. The maximum Gasteiger partial charge on any atom is 0.326 e. The van der Waals surface area contributed by atoms with Gasteiger partial charge in [-0.1, -0.05) is 109 Å². The number of hydrogen-bond acceptors (Lipinski definition) is 18. The van der Waals surface area contributed by atoms with Crippen molar-refractivity contribution < 1.29 is 67.6 Å². The Bertz CT molecular complexity index is 3540. The Balaban J connectivity index is 1.02. The molecule has 6 aliphatic heterocycles. The van der Waals surface area contributed by atoms with Gasteiger partial charge in [0.1, 0.15) is 84.4 Å². The zero-order valence-corrected chi connectivity index (χ0v) is 55.3. The lowest BCUT2D eigenvalue weighted by Crippen LogP contribution is -2.58. The normalized spacial score (nSPS) is 22.4. The van der Waals surface area contributed by atoms with E-state index in [9.17, 15) is 58.2 Å². The molecule has 520 valence electrons. The Kier molecular flexibility index (Phi) is 24.4. The summed E-state index contributed by atoms with van der Waals surface area (Å²) in [5.74, 6) is -7.08. The van der Waals surface area contributed by atoms with Crippen molar-refractivity contribution in [3.63, 3.8) is 0 Å². The molecule has 12 atom stereocenters. The van der Waals surface area contributed by atoms with Crippen LogP contribution in [0.25, 0.3) is 0 Å². The van der Waals surface area contributed by atoms with E-state index in [-0.39, 0.29) is 77.7 Å². The number of nitrogens with zero attached hydrogens (tertiary/aromatic N) is 8. The van der Waals surface area contributed by atoms with Gasteiger partial charge >= 0.3 is 11.9 Å². The highest BCUT2D eigenvalue weighted by molar-refractivity contribution is 5.97. The van der Waals surface area contributed by atoms with Crippen molar-refractivity contribution >= 4 is 59.2 Å². The fourth-order valence-corrected chi connectivity index (χ4v) is 11.9. The van der Waals surface area contributed by atoms with E-state index in [2.05, 4.69) is 63.2 Å². The van der Waals surface area contributed by atoms with E-state index in [1.807, 2.05) is 0 Å². The molecule has 0 unspecified atom stereocenters. The van der Waals surface area contributed by atoms with Crippen molar-refractivity contribution in [1.29, 1.82) is 0 Å². The predicted octanol–water partition coefficient (Wildman–Crippen LogP) is 0.710. The number of amides is 8. The Morgan fingerprint density at radius 3 is 1.23 bits per heavy atom. The third kappa shape index (κ3) is 18.5. The van der Waals surface area contributed by atoms with E-state index in [0.29, 0.717) is 45.1 Å². The maximum atomic E-state index is 14.9. The zero-order chi connectivity index (χ0) is 70.2. The SMILES string of the molecule is CC[C@H](NC(=O)[C@H](C)NC)C(=O)N1C[C@@H]2C[C@H]1C(=O)N[C@@H](Cc1ccccc1)C(=O)N[C@H](C(=O)O)Cc1ccc(cc1)OCc1cn(nn1)[C@H]1C[C@@H](C(=O)N[C@@H](Cc3ccccc3)C(=O)N[C@H](C(=O)O)Cc3ccc(cc3)OCc3cn2nn3)N(C(=O)[C@H](CC)NC(=O)[C@H](C)NC)C1. The molecule has 98 heavy (non-hydrogen) atoms. The first-order valence-electron chi connectivity index (χ1n) is 32.7. The quantitative estimate of drug-likeness (QED) is 0.0638. The van der Waals surface area contributed by atoms with Crippen LogP contribution in [0.2, 0.25) is 0 Å². The van der Waals surface area contributed by atoms with Gasteiger partial charge in [-0.2, -0.15) is 0 Å². The second-order valence-corrected chi connectivity index (χ2v) is 24.7. The molecule has 4 aromatic carbocycles. The van der Waals surface area contributed by atoms with Gasteiger partial charge in [0.2, 0.25) is 47.3 Å². The van der Waals surface area contributed by atoms with Crippen LogP contribution in [0.3, 0.4) is 0 Å². The minimum atomic E-state index is -1.49. The molecule has 6 aromatic rings. The summed E-state index contributed by atoms with van der Waals surface area (Å²) in [5, 5.41) is 60.7. The summed E-state index contributed by atoms with van der Waals surface area (Å²) in [6.45, 7) is 6.35. The molecular formula is C68H84N16O14. The van der Waals surface area contributed by atoms with Crippen LogP contribution in [-0.4, -0.2) is 197 Å². The second kappa shape index (κ2) is 33.4. The lowest BCUT2D eigenvalue weighted by atomic mass is 10.0. The standard InChI is InChI=1S/C68H84N16O14/c1-7-51(71-59(85)39(3)69-5)65(91)81-35-47-31-57(81)63(89)73-53(27-41-15-11-9-12-16-41)61(87)75-55(67(93)94)29-43-21-25-50(26-22-43)98-38-46-34-84(80-78-46)48-32-58(82(36-48)66(92)52(8-2)72-60(86)40(4)70-6)64(90)74-54(28-42-17-13-10-14-18-42)62(88)76-56(68(95)96)30-44-19-23-49(24-20-44)97-37-45-33-83(47)79-77-45/h9-26,33-34,39-40,47-48,51-58,69-70H,7-8,27-32,35-38H2,1-6H3,(H,71,85)(H,72,86)(H,73,89)(H,74,90)(H,75,87)(H,76,88)(H,93,94)(H,95,96)/t39-,40-,47-,48-,51-,52-,53-,54-,55-,56-,57-,58-/m0/s1. The fourth-order valence-electron chi connectivity index (χ4n) is 11.9. The monoisotopic (exact) mass is 1350 g/mol. The van der Waals surface area contributed by atoms with Crippen molar-refractivity contribution in [3.8, 4) is 11.5 Å². The number of likely N-dealkylation sites (tertiary alicyclic amines) is 2. The largest absolute Gasteiger partial charge is 0.487 e. The van der Waals surface area contributed by atoms with Gasteiger partial charge in [0.05, 0.1) is 36.6 Å². The first kappa shape index (κ1) is 71.7. The van der Waals surface area contributed by atoms with Crippen molar-refractivity contribution in [2.45, 2.75) is 165 Å². The summed E-state index contributed by atoms with van der Waals surface area (Å²) in [6, 6.07) is 17.7. The van der Waals surface area contributed by atoms with Crippen LogP contribution in [0.15, 0.2) is 122 Å². The summed E-state index contributed by atoms with van der Waals surface area (Å²) in [7, 11) is 3.20. The number of ether oxygens (including phenoxy) is 2. The van der Waals surface area contributed by atoms with Crippen molar-refractivity contribution in [2.75, 3.05) is 27.2 Å². The van der Waals surface area contributed by atoms with Crippen LogP contribution in [0, 0.1) is 0 Å². The van der Waals surface area contributed by atoms with E-state index in [1.54, 1.807) is 163 Å². The fraction of sp³-hybridized carbons (Fsp3) is 0.441. The number of nitrogens with one attached hydrogen (secondary N) is 8. The minimum Gasteiger partial charge on any atom is -0.487 e. The van der Waals surface area contributed by atoms with Crippen molar-refractivity contribution in [1.82, 2.24) is 82.3 Å². The van der Waals surface area contributed by atoms with Gasteiger partial charge in [0.15, 0.2) is 0 Å². The average Bonchev–Trinajstić information content (AvgIpc) is 1.67. The highest BCUT2D eigenvalue weighted by atomic mass is 16.5. The zero-order valence-electron chi connectivity index (χ0n) is 55.3. The number of hydrogen-bond donors (Lipinski definition) is 10. The molecule has 12 rings (SSSR count).